The Hall–Kier alpha value is -0.0000000000000000555. The summed E-state index contributed by atoms with van der Waals surface area (Å²) in [5, 5.41) is -3.93. The summed E-state index contributed by atoms with van der Waals surface area (Å²) in [4.78, 5) is 0. The number of halogens is 5. The van der Waals surface area contributed by atoms with Crippen LogP contribution in [0.1, 0.15) is 0 Å². The molecule has 0 radical (unpaired) electrons. The number of rotatable bonds is 1. The summed E-state index contributed by atoms with van der Waals surface area (Å²) < 4.78 is 61.5. The van der Waals surface area contributed by atoms with E-state index in [1.165, 1.54) is 0 Å². The van der Waals surface area contributed by atoms with Crippen LogP contribution in [0.2, 0.25) is 0 Å². The number of thioether (sulfide) groups is 1. The molecule has 0 spiro atoms. The minimum Gasteiger partial charge on any atom is -0.247 e. The molecule has 0 nitrogen and oxygen atoms in total. The first-order valence-electron chi connectivity index (χ1n) is 2.85. The zero-order valence-corrected chi connectivity index (χ0v) is 6.11. The summed E-state index contributed by atoms with van der Waals surface area (Å²) in [7, 11) is 0. The van der Waals surface area contributed by atoms with E-state index in [9.17, 15) is 22.0 Å². The minimum absolute atomic E-state index is 0.184. The van der Waals surface area contributed by atoms with Crippen molar-refractivity contribution in [2.24, 2.45) is 0 Å². The summed E-state index contributed by atoms with van der Waals surface area (Å²) in [6.45, 7) is -1.98. The smallest absolute Gasteiger partial charge is 0.247 e. The molecule has 66 valence electrons. The lowest BCUT2D eigenvalue weighted by Crippen LogP contribution is -2.46. The molecule has 1 aliphatic rings. The van der Waals surface area contributed by atoms with Crippen molar-refractivity contribution >= 4 is 11.8 Å². The van der Waals surface area contributed by atoms with Crippen LogP contribution in [0.25, 0.3) is 0 Å². The quantitative estimate of drug-likeness (QED) is 0.574. The minimum atomic E-state index is -3.93. The van der Waals surface area contributed by atoms with E-state index in [1.807, 2.05) is 0 Å². The van der Waals surface area contributed by atoms with E-state index in [0.717, 1.165) is 0 Å². The van der Waals surface area contributed by atoms with Gasteiger partial charge in [-0.1, -0.05) is 11.8 Å². The maximum absolute atomic E-state index is 12.7. The molecule has 0 amide bonds. The summed E-state index contributed by atoms with van der Waals surface area (Å²) in [5.41, 5.74) is -3.61. The Bertz CT molecular complexity index is 161. The zero-order valence-electron chi connectivity index (χ0n) is 5.29. The fraction of sp³-hybridized carbons (Fsp3) is 1.00. The molecule has 1 rings (SSSR count). The van der Waals surface area contributed by atoms with Crippen molar-refractivity contribution in [1.29, 1.82) is 0 Å². The van der Waals surface area contributed by atoms with Crippen molar-refractivity contribution in [3.05, 3.63) is 0 Å². The highest BCUT2D eigenvalue weighted by atomic mass is 32.2. The van der Waals surface area contributed by atoms with Crippen LogP contribution in [-0.2, 0) is 0 Å². The molecular weight excluding hydrogens is 187 g/mol. The van der Waals surface area contributed by atoms with Crippen LogP contribution in [-0.4, -0.2) is 29.5 Å². The zero-order chi connectivity index (χ0) is 8.70. The first-order valence-corrected chi connectivity index (χ1v) is 3.83. The molecule has 0 aliphatic carbocycles. The molecule has 1 aliphatic heterocycles. The number of alkyl halides is 5. The van der Waals surface area contributed by atoms with Gasteiger partial charge in [0.15, 0.2) is 6.17 Å². The van der Waals surface area contributed by atoms with Crippen molar-refractivity contribution in [2.45, 2.75) is 17.1 Å². The maximum Gasteiger partial charge on any atom is 0.332 e. The van der Waals surface area contributed by atoms with Gasteiger partial charge >= 0.3 is 5.25 Å². The molecule has 2 atom stereocenters. The topological polar surface area (TPSA) is 0 Å². The molecule has 2 unspecified atom stereocenters. The SMILES string of the molecule is FCC1(F)C(F)CSC1(F)F. The van der Waals surface area contributed by atoms with Gasteiger partial charge in [0.1, 0.15) is 6.67 Å². The van der Waals surface area contributed by atoms with Gasteiger partial charge in [-0.3, -0.25) is 0 Å². The lowest BCUT2D eigenvalue weighted by Gasteiger charge is -2.23. The second-order valence-corrected chi connectivity index (χ2v) is 3.43. The second kappa shape index (κ2) is 2.50. The average Bonchev–Trinajstić information content (AvgIpc) is 2.15. The Morgan fingerprint density at radius 1 is 1.36 bits per heavy atom. The maximum atomic E-state index is 12.7. The van der Waals surface area contributed by atoms with E-state index < -0.39 is 29.5 Å². The first-order chi connectivity index (χ1) is 4.94. The van der Waals surface area contributed by atoms with Crippen molar-refractivity contribution in [2.75, 3.05) is 12.4 Å². The van der Waals surface area contributed by atoms with Gasteiger partial charge in [0.2, 0.25) is 5.67 Å². The highest BCUT2D eigenvalue weighted by molar-refractivity contribution is 8.00. The van der Waals surface area contributed by atoms with Gasteiger partial charge in [-0.2, -0.15) is 8.78 Å². The van der Waals surface area contributed by atoms with Crippen LogP contribution in [0.4, 0.5) is 22.0 Å². The normalized spacial score (nSPS) is 42.8. The summed E-state index contributed by atoms with van der Waals surface area (Å²) in [6, 6.07) is 0. The van der Waals surface area contributed by atoms with Gasteiger partial charge in [-0.15, -0.1) is 0 Å². The van der Waals surface area contributed by atoms with E-state index >= 15 is 0 Å². The van der Waals surface area contributed by atoms with Gasteiger partial charge in [-0.05, 0) is 0 Å². The van der Waals surface area contributed by atoms with Gasteiger partial charge < -0.3 is 0 Å². The molecule has 0 saturated carbocycles. The summed E-state index contributed by atoms with van der Waals surface area (Å²) in [6.07, 6.45) is -2.41. The Balaban J connectivity index is 2.88. The third kappa shape index (κ3) is 1.11. The van der Waals surface area contributed by atoms with E-state index in [4.69, 9.17) is 0 Å². The van der Waals surface area contributed by atoms with Crippen molar-refractivity contribution in [1.82, 2.24) is 0 Å². The average molecular weight is 192 g/mol. The lowest BCUT2D eigenvalue weighted by molar-refractivity contribution is -0.101. The molecule has 0 bridgehead atoms. The van der Waals surface area contributed by atoms with Crippen LogP contribution < -0.4 is 0 Å². The molecule has 1 heterocycles. The van der Waals surface area contributed by atoms with E-state index in [1.54, 1.807) is 0 Å². The predicted octanol–water partition coefficient (Wildman–Crippen LogP) is 2.34. The fourth-order valence-electron chi connectivity index (χ4n) is 0.774. The van der Waals surface area contributed by atoms with Gasteiger partial charge in [-0.25, -0.2) is 13.2 Å². The molecule has 1 fully saturated rings. The van der Waals surface area contributed by atoms with E-state index in [0.29, 0.717) is 0 Å². The Morgan fingerprint density at radius 3 is 2.09 bits per heavy atom. The van der Waals surface area contributed by atoms with Crippen molar-refractivity contribution in [3.63, 3.8) is 0 Å². The van der Waals surface area contributed by atoms with Gasteiger partial charge in [0, 0.05) is 5.75 Å². The van der Waals surface area contributed by atoms with Crippen LogP contribution >= 0.6 is 11.8 Å². The Labute approximate surface area is 64.1 Å². The highest BCUT2D eigenvalue weighted by Crippen LogP contribution is 2.52. The molecule has 0 aromatic carbocycles. The summed E-state index contributed by atoms with van der Waals surface area (Å²) >= 11 is -0.184. The van der Waals surface area contributed by atoms with E-state index in [-0.39, 0.29) is 11.8 Å². The fourth-order valence-corrected chi connectivity index (χ4v) is 1.82. The Morgan fingerprint density at radius 2 is 1.91 bits per heavy atom. The molecular formula is C5H5F5S. The van der Waals surface area contributed by atoms with Crippen molar-refractivity contribution in [3.8, 4) is 0 Å². The summed E-state index contributed by atoms with van der Waals surface area (Å²) in [5.74, 6) is -0.687. The number of hydrogen-bond donors (Lipinski definition) is 0. The standard InChI is InChI=1S/C5H5F5S/c6-2-4(8)3(7)1-11-5(4,9)10/h3H,1-2H2. The molecule has 0 aromatic rings. The number of hydrogen-bond acceptors (Lipinski definition) is 1. The van der Waals surface area contributed by atoms with Gasteiger partial charge in [0.25, 0.3) is 0 Å². The molecule has 6 heteroatoms. The first kappa shape index (κ1) is 9.09. The van der Waals surface area contributed by atoms with Crippen LogP contribution in [0, 0.1) is 0 Å². The van der Waals surface area contributed by atoms with E-state index in [2.05, 4.69) is 0 Å². The molecule has 0 aromatic heterocycles. The monoisotopic (exact) mass is 192 g/mol. The lowest BCUT2D eigenvalue weighted by atomic mass is 10.0. The molecule has 1 saturated heterocycles. The third-order valence-electron chi connectivity index (χ3n) is 1.59. The van der Waals surface area contributed by atoms with Crippen LogP contribution in [0.3, 0.4) is 0 Å². The third-order valence-corrected chi connectivity index (χ3v) is 2.75. The Kier molecular flexibility index (Phi) is 2.07. The predicted molar refractivity (Wildman–Crippen MR) is 32.1 cm³/mol. The molecule has 0 N–H and O–H groups in total. The largest absolute Gasteiger partial charge is 0.332 e. The van der Waals surface area contributed by atoms with Crippen LogP contribution in [0.5, 0.6) is 0 Å². The van der Waals surface area contributed by atoms with Crippen LogP contribution in [0.15, 0.2) is 0 Å². The van der Waals surface area contributed by atoms with Gasteiger partial charge in [0.05, 0.1) is 0 Å². The highest BCUT2D eigenvalue weighted by Gasteiger charge is 2.66. The second-order valence-electron chi connectivity index (χ2n) is 2.29. The van der Waals surface area contributed by atoms with Crippen molar-refractivity contribution < 1.29 is 22.0 Å². The molecule has 11 heavy (non-hydrogen) atoms.